The lowest BCUT2D eigenvalue weighted by Gasteiger charge is -2.23. The Bertz CT molecular complexity index is 3520. The van der Waals surface area contributed by atoms with Crippen molar-refractivity contribution in [3.63, 3.8) is 0 Å². The van der Waals surface area contributed by atoms with Gasteiger partial charge in [-0.25, -0.2) is 15.0 Å². The van der Waals surface area contributed by atoms with E-state index in [9.17, 15) is 0 Å². The first kappa shape index (κ1) is 32.8. The van der Waals surface area contributed by atoms with E-state index in [0.29, 0.717) is 23.4 Å². The summed E-state index contributed by atoms with van der Waals surface area (Å²) in [7, 11) is 0. The van der Waals surface area contributed by atoms with Crippen molar-refractivity contribution in [3.8, 4) is 45.3 Å². The number of fused-ring (bicyclic) bond motifs is 10. The molecule has 11 aromatic rings. The van der Waals surface area contributed by atoms with E-state index in [4.69, 9.17) is 19.4 Å². The molecule has 0 radical (unpaired) electrons. The Balaban J connectivity index is 1.22. The van der Waals surface area contributed by atoms with Crippen LogP contribution in [0.3, 0.4) is 0 Å². The zero-order chi connectivity index (χ0) is 38.3. The highest BCUT2D eigenvalue weighted by atomic mass is 16.3. The average molecular weight is 742 g/mol. The maximum atomic E-state index is 6.68. The zero-order valence-corrected chi connectivity index (χ0v) is 31.8. The summed E-state index contributed by atoms with van der Waals surface area (Å²) in [5.74, 6) is 2.23. The van der Waals surface area contributed by atoms with Crippen molar-refractivity contribution in [1.29, 1.82) is 0 Å². The van der Waals surface area contributed by atoms with Gasteiger partial charge in [0.1, 0.15) is 11.2 Å². The quantitative estimate of drug-likeness (QED) is 0.169. The van der Waals surface area contributed by atoms with Crippen molar-refractivity contribution in [2.45, 2.75) is 19.3 Å². The van der Waals surface area contributed by atoms with E-state index in [1.807, 2.05) is 12.1 Å². The predicted octanol–water partition coefficient (Wildman–Crippen LogP) is 14.6. The van der Waals surface area contributed by atoms with Crippen LogP contribution in [0.2, 0.25) is 0 Å². The van der Waals surface area contributed by atoms with Crippen LogP contribution >= 0.6 is 0 Å². The van der Waals surface area contributed by atoms with Crippen LogP contribution in [0.25, 0.3) is 116 Å². The Morgan fingerprint density at radius 1 is 0.448 bits per heavy atom. The molecular weight excluding hydrogens is 707 g/mol. The number of para-hydroxylation sites is 1. The van der Waals surface area contributed by atoms with Gasteiger partial charge in [0.2, 0.25) is 0 Å². The molecule has 2 heterocycles. The van der Waals surface area contributed by atoms with Crippen LogP contribution in [-0.2, 0) is 0 Å². The molecule has 12 rings (SSSR count). The highest BCUT2D eigenvalue weighted by molar-refractivity contribution is 6.15. The summed E-state index contributed by atoms with van der Waals surface area (Å²) in [6.45, 7) is 2.32. The topological polar surface area (TPSA) is 51.8 Å². The summed E-state index contributed by atoms with van der Waals surface area (Å²) in [4.78, 5) is 16.5. The van der Waals surface area contributed by atoms with E-state index in [1.165, 1.54) is 43.4 Å². The lowest BCUT2D eigenvalue weighted by molar-refractivity contribution is 0.669. The summed E-state index contributed by atoms with van der Waals surface area (Å²) in [5, 5.41) is 11.4. The molecule has 0 N–H and O–H groups in total. The molecular formula is C54H35N3O. The highest BCUT2D eigenvalue weighted by Gasteiger charge is 2.25. The van der Waals surface area contributed by atoms with Crippen LogP contribution in [-0.4, -0.2) is 15.0 Å². The van der Waals surface area contributed by atoms with Gasteiger partial charge >= 0.3 is 0 Å². The first-order valence-corrected chi connectivity index (χ1v) is 20.0. The fraction of sp³-hybridized carbons (Fsp3) is 0.0556. The number of nitrogens with zero attached hydrogens (tertiary/aromatic N) is 3. The minimum Gasteiger partial charge on any atom is -0.456 e. The van der Waals surface area contributed by atoms with E-state index in [1.54, 1.807) is 0 Å². The first-order chi connectivity index (χ1) is 28.7. The molecule has 58 heavy (non-hydrogen) atoms. The van der Waals surface area contributed by atoms with Crippen molar-refractivity contribution >= 4 is 71.1 Å². The lowest BCUT2D eigenvalue weighted by Crippen LogP contribution is -2.06. The summed E-state index contributed by atoms with van der Waals surface area (Å²) in [6.07, 6.45) is 5.55. The van der Waals surface area contributed by atoms with Crippen LogP contribution in [0.4, 0.5) is 0 Å². The third-order valence-corrected chi connectivity index (χ3v) is 12.1. The van der Waals surface area contributed by atoms with E-state index in [0.717, 1.165) is 66.9 Å². The van der Waals surface area contributed by atoms with E-state index >= 15 is 0 Å². The van der Waals surface area contributed by atoms with Crippen LogP contribution in [0.1, 0.15) is 30.4 Å². The normalized spacial score (nSPS) is 14.0. The molecule has 2 aromatic heterocycles. The van der Waals surface area contributed by atoms with Gasteiger partial charge in [0.25, 0.3) is 0 Å². The van der Waals surface area contributed by atoms with Gasteiger partial charge in [-0.2, -0.15) is 0 Å². The number of allylic oxidation sites excluding steroid dienone is 1. The Morgan fingerprint density at radius 3 is 1.84 bits per heavy atom. The van der Waals surface area contributed by atoms with Gasteiger partial charge in [0, 0.05) is 27.5 Å². The third-order valence-electron chi connectivity index (χ3n) is 12.1. The lowest BCUT2D eigenvalue weighted by atomic mass is 9.82. The first-order valence-electron chi connectivity index (χ1n) is 20.0. The molecule has 0 amide bonds. The number of aromatic nitrogens is 3. The second-order valence-electron chi connectivity index (χ2n) is 15.5. The smallest absolute Gasteiger partial charge is 0.164 e. The van der Waals surface area contributed by atoms with Crippen LogP contribution in [0.15, 0.2) is 174 Å². The molecule has 0 saturated heterocycles. The molecule has 1 aliphatic rings. The molecule has 272 valence electrons. The van der Waals surface area contributed by atoms with Gasteiger partial charge in [-0.05, 0) is 108 Å². The monoisotopic (exact) mass is 741 g/mol. The fourth-order valence-electron chi connectivity index (χ4n) is 9.43. The third kappa shape index (κ3) is 5.05. The van der Waals surface area contributed by atoms with Crippen molar-refractivity contribution < 1.29 is 4.42 Å². The minimum atomic E-state index is 0.351. The van der Waals surface area contributed by atoms with Crippen molar-refractivity contribution in [1.82, 2.24) is 15.0 Å². The fourth-order valence-corrected chi connectivity index (χ4v) is 9.43. The van der Waals surface area contributed by atoms with Gasteiger partial charge in [-0.1, -0.05) is 153 Å². The van der Waals surface area contributed by atoms with Crippen molar-refractivity contribution in [2.75, 3.05) is 0 Å². The number of hydrogen-bond donors (Lipinski definition) is 0. The van der Waals surface area contributed by atoms with Crippen molar-refractivity contribution in [3.05, 3.63) is 181 Å². The summed E-state index contributed by atoms with van der Waals surface area (Å²) in [6, 6.07) is 58.1. The molecule has 1 unspecified atom stereocenters. The molecule has 4 heteroatoms. The minimum absolute atomic E-state index is 0.351. The summed E-state index contributed by atoms with van der Waals surface area (Å²) >= 11 is 0. The molecule has 1 aliphatic carbocycles. The number of hydrogen-bond acceptors (Lipinski definition) is 4. The number of furan rings is 1. The molecule has 0 saturated carbocycles. The number of benzene rings is 9. The average Bonchev–Trinajstić information content (AvgIpc) is 3.66. The highest BCUT2D eigenvalue weighted by Crippen LogP contribution is 2.44. The molecule has 4 nitrogen and oxygen atoms in total. The molecule has 0 aliphatic heterocycles. The van der Waals surface area contributed by atoms with Gasteiger partial charge in [-0.15, -0.1) is 0 Å². The van der Waals surface area contributed by atoms with E-state index in [2.05, 4.69) is 171 Å². The van der Waals surface area contributed by atoms with E-state index < -0.39 is 0 Å². The summed E-state index contributed by atoms with van der Waals surface area (Å²) in [5.41, 5.74) is 9.18. The number of rotatable bonds is 4. The van der Waals surface area contributed by atoms with Crippen LogP contribution in [0.5, 0.6) is 0 Å². The van der Waals surface area contributed by atoms with Gasteiger partial charge in [0.15, 0.2) is 17.5 Å². The van der Waals surface area contributed by atoms with Crippen molar-refractivity contribution in [2.24, 2.45) is 0 Å². The Kier molecular flexibility index (Phi) is 7.24. The SMILES string of the molecule is CC1CC=Cc2c(-c3nc(-c4cc5ccccc5c5ccccc45)nc(-c4cc(-c5cccc6ccccc56)cc5oc6ccccc6c45)n3)cc3ccccc3c21. The molecule has 1 atom stereocenters. The second kappa shape index (κ2) is 12.8. The second-order valence-corrected chi connectivity index (χ2v) is 15.5. The zero-order valence-electron chi connectivity index (χ0n) is 31.8. The molecule has 9 aromatic carbocycles. The molecule has 0 fully saturated rings. The van der Waals surface area contributed by atoms with Gasteiger partial charge in [0.05, 0.1) is 0 Å². The Morgan fingerprint density at radius 2 is 1.03 bits per heavy atom. The van der Waals surface area contributed by atoms with Crippen LogP contribution in [0, 0.1) is 0 Å². The van der Waals surface area contributed by atoms with Crippen LogP contribution < -0.4 is 0 Å². The Labute approximate surface area is 334 Å². The molecule has 0 spiro atoms. The largest absolute Gasteiger partial charge is 0.456 e. The summed E-state index contributed by atoms with van der Waals surface area (Å²) < 4.78 is 6.68. The van der Waals surface area contributed by atoms with Gasteiger partial charge in [-0.3, -0.25) is 0 Å². The Hall–Kier alpha value is -7.43. The van der Waals surface area contributed by atoms with Gasteiger partial charge < -0.3 is 4.42 Å². The molecule has 0 bridgehead atoms. The maximum Gasteiger partial charge on any atom is 0.164 e. The van der Waals surface area contributed by atoms with E-state index in [-0.39, 0.29) is 0 Å². The maximum absolute atomic E-state index is 6.68. The standard InChI is InChI=1S/C54H35N3O/c1-32-14-12-26-43-46(29-35-17-4-7-21-40(35)50(32)43)53-55-52(45-28-34-16-3-6-20-38(34)41-22-8-9-23-42(41)45)56-54(57-53)47-30-36(39-25-13-18-33-15-2-5-19-37(33)39)31-49-51(47)44-24-10-11-27-48(44)58-49/h2-13,15-32H,14H2,1H3. The predicted molar refractivity (Wildman–Crippen MR) is 241 cm³/mol.